The van der Waals surface area contributed by atoms with Gasteiger partial charge in [0.05, 0.1) is 19.1 Å². The summed E-state index contributed by atoms with van der Waals surface area (Å²) < 4.78 is 10.2. The minimum atomic E-state index is -0.186. The zero-order chi connectivity index (χ0) is 11.8. The van der Waals surface area contributed by atoms with Gasteiger partial charge in [0.2, 0.25) is 0 Å². The molecule has 0 amide bonds. The Labute approximate surface area is 96.4 Å². The highest BCUT2D eigenvalue weighted by Gasteiger charge is 2.05. The van der Waals surface area contributed by atoms with E-state index in [1.807, 2.05) is 37.3 Å². The highest BCUT2D eigenvalue weighted by atomic mass is 16.5. The van der Waals surface area contributed by atoms with Crippen molar-refractivity contribution in [2.24, 2.45) is 0 Å². The molecule has 0 bridgehead atoms. The van der Waals surface area contributed by atoms with Gasteiger partial charge in [-0.25, -0.2) is 0 Å². The number of hydrogen-bond acceptors (Lipinski definition) is 3. The molecule has 16 heavy (non-hydrogen) atoms. The SMILES string of the molecule is CO[C@@H](C)CCOC(=O)Cc1ccccc1. The molecule has 0 heterocycles. The molecule has 0 aliphatic rings. The number of carbonyl (C=O) groups excluding carboxylic acids is 1. The van der Waals surface area contributed by atoms with E-state index in [-0.39, 0.29) is 12.1 Å². The molecule has 1 rings (SSSR count). The second kappa shape index (κ2) is 7.01. The summed E-state index contributed by atoms with van der Waals surface area (Å²) in [7, 11) is 1.65. The van der Waals surface area contributed by atoms with Crippen LogP contribution < -0.4 is 0 Å². The Kier molecular flexibility index (Phi) is 5.57. The first-order valence-corrected chi connectivity index (χ1v) is 5.44. The van der Waals surface area contributed by atoms with Gasteiger partial charge in [0, 0.05) is 13.5 Å². The van der Waals surface area contributed by atoms with E-state index in [9.17, 15) is 4.79 Å². The molecule has 1 aromatic rings. The maximum atomic E-state index is 11.4. The Morgan fingerprint density at radius 1 is 1.31 bits per heavy atom. The van der Waals surface area contributed by atoms with Gasteiger partial charge in [-0.1, -0.05) is 30.3 Å². The van der Waals surface area contributed by atoms with E-state index >= 15 is 0 Å². The highest BCUT2D eigenvalue weighted by Crippen LogP contribution is 2.02. The number of rotatable bonds is 6. The van der Waals surface area contributed by atoms with Crippen LogP contribution in [0.3, 0.4) is 0 Å². The van der Waals surface area contributed by atoms with Crippen LogP contribution in [0.1, 0.15) is 18.9 Å². The molecule has 0 unspecified atom stereocenters. The lowest BCUT2D eigenvalue weighted by Crippen LogP contribution is -2.14. The van der Waals surface area contributed by atoms with Crippen LogP contribution in [0.2, 0.25) is 0 Å². The number of methoxy groups -OCH3 is 1. The lowest BCUT2D eigenvalue weighted by Gasteiger charge is -2.09. The van der Waals surface area contributed by atoms with Crippen LogP contribution in [0.5, 0.6) is 0 Å². The van der Waals surface area contributed by atoms with Crippen LogP contribution in [-0.4, -0.2) is 25.8 Å². The lowest BCUT2D eigenvalue weighted by molar-refractivity contribution is -0.143. The number of esters is 1. The maximum absolute atomic E-state index is 11.4. The Hall–Kier alpha value is -1.35. The molecular weight excluding hydrogens is 204 g/mol. The molecule has 0 N–H and O–H groups in total. The van der Waals surface area contributed by atoms with E-state index in [0.717, 1.165) is 12.0 Å². The summed E-state index contributed by atoms with van der Waals surface area (Å²) in [4.78, 5) is 11.4. The first-order valence-electron chi connectivity index (χ1n) is 5.44. The van der Waals surface area contributed by atoms with E-state index < -0.39 is 0 Å². The topological polar surface area (TPSA) is 35.5 Å². The second-order valence-electron chi connectivity index (χ2n) is 3.72. The molecule has 1 aromatic carbocycles. The predicted molar refractivity (Wildman–Crippen MR) is 62.2 cm³/mol. The fraction of sp³-hybridized carbons (Fsp3) is 0.462. The van der Waals surface area contributed by atoms with Gasteiger partial charge >= 0.3 is 5.97 Å². The van der Waals surface area contributed by atoms with Gasteiger partial charge in [-0.2, -0.15) is 0 Å². The number of carbonyl (C=O) groups is 1. The molecule has 3 heteroatoms. The molecular formula is C13H18O3. The molecule has 1 atom stereocenters. The van der Waals surface area contributed by atoms with E-state index in [4.69, 9.17) is 9.47 Å². The monoisotopic (exact) mass is 222 g/mol. The molecule has 0 fully saturated rings. The van der Waals surface area contributed by atoms with Crippen molar-refractivity contribution in [2.75, 3.05) is 13.7 Å². The zero-order valence-corrected chi connectivity index (χ0v) is 9.81. The molecule has 0 aromatic heterocycles. The summed E-state index contributed by atoms with van der Waals surface area (Å²) in [5.74, 6) is -0.186. The van der Waals surface area contributed by atoms with Gasteiger partial charge < -0.3 is 9.47 Å². The summed E-state index contributed by atoms with van der Waals surface area (Å²) in [6, 6.07) is 9.58. The third-order valence-corrected chi connectivity index (χ3v) is 2.38. The second-order valence-corrected chi connectivity index (χ2v) is 3.72. The fourth-order valence-corrected chi connectivity index (χ4v) is 1.27. The summed E-state index contributed by atoms with van der Waals surface area (Å²) in [6.07, 6.45) is 1.20. The number of hydrogen-bond donors (Lipinski definition) is 0. The number of benzene rings is 1. The van der Waals surface area contributed by atoms with Gasteiger partial charge in [-0.15, -0.1) is 0 Å². The van der Waals surface area contributed by atoms with E-state index in [2.05, 4.69) is 0 Å². The van der Waals surface area contributed by atoms with Gasteiger partial charge in [0.1, 0.15) is 0 Å². The van der Waals surface area contributed by atoms with Crippen molar-refractivity contribution in [2.45, 2.75) is 25.9 Å². The van der Waals surface area contributed by atoms with E-state index in [1.165, 1.54) is 0 Å². The van der Waals surface area contributed by atoms with Crippen LogP contribution in [-0.2, 0) is 20.7 Å². The smallest absolute Gasteiger partial charge is 0.310 e. The fourth-order valence-electron chi connectivity index (χ4n) is 1.27. The van der Waals surface area contributed by atoms with Crippen LogP contribution in [0.25, 0.3) is 0 Å². The molecule has 0 saturated heterocycles. The van der Waals surface area contributed by atoms with Crippen molar-refractivity contribution in [3.05, 3.63) is 35.9 Å². The standard InChI is InChI=1S/C13H18O3/c1-11(15-2)8-9-16-13(14)10-12-6-4-3-5-7-12/h3-7,11H,8-10H2,1-2H3/t11-/m0/s1. The molecule has 0 radical (unpaired) electrons. The average Bonchev–Trinajstić information content (AvgIpc) is 2.30. The lowest BCUT2D eigenvalue weighted by atomic mass is 10.2. The van der Waals surface area contributed by atoms with Crippen molar-refractivity contribution in [3.63, 3.8) is 0 Å². The first kappa shape index (κ1) is 12.7. The van der Waals surface area contributed by atoms with Crippen LogP contribution >= 0.6 is 0 Å². The third kappa shape index (κ3) is 4.94. The van der Waals surface area contributed by atoms with E-state index in [0.29, 0.717) is 13.0 Å². The molecule has 88 valence electrons. The van der Waals surface area contributed by atoms with Crippen molar-refractivity contribution < 1.29 is 14.3 Å². The summed E-state index contributed by atoms with van der Waals surface area (Å²) in [5.41, 5.74) is 0.979. The Morgan fingerprint density at radius 2 is 2.00 bits per heavy atom. The van der Waals surface area contributed by atoms with Gasteiger partial charge in [0.15, 0.2) is 0 Å². The number of ether oxygens (including phenoxy) is 2. The van der Waals surface area contributed by atoms with Crippen LogP contribution in [0.15, 0.2) is 30.3 Å². The average molecular weight is 222 g/mol. The van der Waals surface area contributed by atoms with Gasteiger partial charge in [-0.3, -0.25) is 4.79 Å². The Morgan fingerprint density at radius 3 is 2.62 bits per heavy atom. The van der Waals surface area contributed by atoms with Crippen molar-refractivity contribution in [1.29, 1.82) is 0 Å². The predicted octanol–water partition coefficient (Wildman–Crippen LogP) is 2.20. The summed E-state index contributed by atoms with van der Waals surface area (Å²) >= 11 is 0. The largest absolute Gasteiger partial charge is 0.465 e. The molecule has 0 aliphatic heterocycles. The van der Waals surface area contributed by atoms with Crippen LogP contribution in [0, 0.1) is 0 Å². The zero-order valence-electron chi connectivity index (χ0n) is 9.81. The van der Waals surface area contributed by atoms with Crippen molar-refractivity contribution >= 4 is 5.97 Å². The Bertz CT molecular complexity index is 308. The Balaban J connectivity index is 2.21. The van der Waals surface area contributed by atoms with Crippen LogP contribution in [0.4, 0.5) is 0 Å². The molecule has 0 spiro atoms. The minimum absolute atomic E-state index is 0.129. The maximum Gasteiger partial charge on any atom is 0.310 e. The minimum Gasteiger partial charge on any atom is -0.465 e. The van der Waals surface area contributed by atoms with Gasteiger partial charge in [-0.05, 0) is 12.5 Å². The first-order chi connectivity index (χ1) is 7.72. The quantitative estimate of drug-likeness (QED) is 0.692. The van der Waals surface area contributed by atoms with Gasteiger partial charge in [0.25, 0.3) is 0 Å². The molecule has 0 saturated carbocycles. The third-order valence-electron chi connectivity index (χ3n) is 2.38. The molecule has 0 aliphatic carbocycles. The summed E-state index contributed by atoms with van der Waals surface area (Å²) in [5, 5.41) is 0. The van der Waals surface area contributed by atoms with E-state index in [1.54, 1.807) is 7.11 Å². The molecule has 3 nitrogen and oxygen atoms in total. The van der Waals surface area contributed by atoms with Crippen molar-refractivity contribution in [3.8, 4) is 0 Å². The summed E-state index contributed by atoms with van der Waals surface area (Å²) in [6.45, 7) is 2.37. The van der Waals surface area contributed by atoms with Crippen molar-refractivity contribution in [1.82, 2.24) is 0 Å². The normalized spacial score (nSPS) is 12.1. The highest BCUT2D eigenvalue weighted by molar-refractivity contribution is 5.72.